The number of carbonyl (C=O) groups is 1. The number of hydrogen-bond donors (Lipinski definition) is 1. The maximum Gasteiger partial charge on any atom is 0.253 e. The van der Waals surface area contributed by atoms with Crippen LogP contribution in [0.1, 0.15) is 30.1 Å². The lowest BCUT2D eigenvalue weighted by atomic mass is 10.1. The van der Waals surface area contributed by atoms with Crippen LogP contribution in [-0.4, -0.2) is 24.7 Å². The Balaban J connectivity index is 2.09. The van der Waals surface area contributed by atoms with E-state index in [2.05, 4.69) is 5.32 Å². The van der Waals surface area contributed by atoms with Crippen LogP contribution in [-0.2, 0) is 4.74 Å². The molecule has 0 spiro atoms. The molecule has 0 bridgehead atoms. The summed E-state index contributed by atoms with van der Waals surface area (Å²) in [5, 5.41) is 2.57. The molecule has 1 heterocycles. The van der Waals surface area contributed by atoms with Gasteiger partial charge in [0.05, 0.1) is 22.7 Å². The molecule has 0 unspecified atom stereocenters. The quantitative estimate of drug-likeness (QED) is 0.869. The summed E-state index contributed by atoms with van der Waals surface area (Å²) in [5.74, 6) is -2.71. The summed E-state index contributed by atoms with van der Waals surface area (Å²) in [6.07, 6.45) is 1.78. The molecule has 2 atom stereocenters. The molecule has 104 valence electrons. The van der Waals surface area contributed by atoms with Crippen LogP contribution in [0.5, 0.6) is 0 Å². The first-order valence-electron chi connectivity index (χ1n) is 6.06. The Morgan fingerprint density at radius 3 is 2.79 bits per heavy atom. The minimum absolute atomic E-state index is 0.0481. The maximum atomic E-state index is 13.1. The van der Waals surface area contributed by atoms with E-state index in [1.165, 1.54) is 0 Å². The highest BCUT2D eigenvalue weighted by atomic mass is 35.5. The van der Waals surface area contributed by atoms with Gasteiger partial charge in [-0.15, -0.1) is 0 Å². The van der Waals surface area contributed by atoms with E-state index in [1.54, 1.807) is 0 Å². The fraction of sp³-hybridized carbons (Fsp3) is 0.462. The number of halogens is 3. The number of ether oxygens (including phenoxy) is 1. The molecule has 1 fully saturated rings. The second-order valence-corrected chi connectivity index (χ2v) is 4.97. The van der Waals surface area contributed by atoms with Gasteiger partial charge >= 0.3 is 0 Å². The summed E-state index contributed by atoms with van der Waals surface area (Å²) < 4.78 is 31.5. The van der Waals surface area contributed by atoms with E-state index >= 15 is 0 Å². The zero-order chi connectivity index (χ0) is 14.0. The van der Waals surface area contributed by atoms with Crippen LogP contribution >= 0.6 is 11.6 Å². The van der Waals surface area contributed by atoms with Crippen molar-refractivity contribution < 1.29 is 18.3 Å². The van der Waals surface area contributed by atoms with E-state index in [-0.39, 0.29) is 22.7 Å². The van der Waals surface area contributed by atoms with E-state index < -0.39 is 17.5 Å². The van der Waals surface area contributed by atoms with Gasteiger partial charge in [0.15, 0.2) is 11.6 Å². The van der Waals surface area contributed by atoms with Gasteiger partial charge in [0, 0.05) is 6.61 Å². The predicted molar refractivity (Wildman–Crippen MR) is 67.3 cm³/mol. The lowest BCUT2D eigenvalue weighted by Gasteiger charge is -2.20. The number of hydrogen-bond acceptors (Lipinski definition) is 2. The predicted octanol–water partition coefficient (Wildman–Crippen LogP) is 2.92. The van der Waals surface area contributed by atoms with Crippen molar-refractivity contribution in [2.75, 3.05) is 6.61 Å². The van der Waals surface area contributed by atoms with Gasteiger partial charge in [0.1, 0.15) is 0 Å². The van der Waals surface area contributed by atoms with Crippen LogP contribution in [0.25, 0.3) is 0 Å². The number of amides is 1. The fourth-order valence-electron chi connectivity index (χ4n) is 2.07. The first kappa shape index (κ1) is 14.2. The number of nitrogens with one attached hydrogen (secondary N) is 1. The van der Waals surface area contributed by atoms with Crippen molar-refractivity contribution in [2.45, 2.75) is 31.9 Å². The third-order valence-electron chi connectivity index (χ3n) is 3.14. The zero-order valence-corrected chi connectivity index (χ0v) is 11.1. The third-order valence-corrected chi connectivity index (χ3v) is 3.45. The summed E-state index contributed by atoms with van der Waals surface area (Å²) in [6.45, 7) is 2.48. The lowest BCUT2D eigenvalue weighted by Crippen LogP contribution is -2.41. The molecule has 6 heteroatoms. The van der Waals surface area contributed by atoms with Crippen LogP contribution in [0.4, 0.5) is 8.78 Å². The van der Waals surface area contributed by atoms with Gasteiger partial charge in [-0.3, -0.25) is 4.79 Å². The average molecular weight is 290 g/mol. The van der Waals surface area contributed by atoms with Gasteiger partial charge in [-0.05, 0) is 31.9 Å². The average Bonchev–Trinajstić information content (AvgIpc) is 2.87. The Labute approximate surface area is 114 Å². The van der Waals surface area contributed by atoms with Crippen molar-refractivity contribution in [2.24, 2.45) is 0 Å². The first-order chi connectivity index (χ1) is 8.99. The van der Waals surface area contributed by atoms with Crippen molar-refractivity contribution in [1.82, 2.24) is 5.32 Å². The highest BCUT2D eigenvalue weighted by molar-refractivity contribution is 6.33. The molecule has 19 heavy (non-hydrogen) atoms. The summed E-state index contributed by atoms with van der Waals surface area (Å²) in [4.78, 5) is 12.0. The van der Waals surface area contributed by atoms with Gasteiger partial charge in [-0.1, -0.05) is 11.6 Å². The van der Waals surface area contributed by atoms with Crippen LogP contribution < -0.4 is 5.32 Å². The fourth-order valence-corrected chi connectivity index (χ4v) is 2.31. The molecule has 1 saturated heterocycles. The molecule has 0 aliphatic carbocycles. The normalized spacial score (nSPS) is 20.3. The number of rotatable bonds is 3. The van der Waals surface area contributed by atoms with Gasteiger partial charge in [0.2, 0.25) is 0 Å². The molecule has 1 aliphatic rings. The molecule has 1 aliphatic heterocycles. The number of benzene rings is 1. The molecule has 0 aromatic heterocycles. The topological polar surface area (TPSA) is 38.3 Å². The molecule has 1 aromatic rings. The van der Waals surface area contributed by atoms with E-state index in [9.17, 15) is 13.6 Å². The summed E-state index contributed by atoms with van der Waals surface area (Å²) in [5.41, 5.74) is -0.0783. The maximum absolute atomic E-state index is 13.1. The van der Waals surface area contributed by atoms with Crippen molar-refractivity contribution in [3.63, 3.8) is 0 Å². The van der Waals surface area contributed by atoms with E-state index in [4.69, 9.17) is 16.3 Å². The highest BCUT2D eigenvalue weighted by Crippen LogP contribution is 2.21. The SMILES string of the molecule is C[C@H](NC(=O)c1cc(F)c(F)cc1Cl)[C@@H]1CCCO1. The second kappa shape index (κ2) is 5.84. The summed E-state index contributed by atoms with van der Waals surface area (Å²) in [7, 11) is 0. The smallest absolute Gasteiger partial charge is 0.253 e. The molecule has 1 amide bonds. The van der Waals surface area contributed by atoms with E-state index in [0.717, 1.165) is 25.0 Å². The van der Waals surface area contributed by atoms with Crippen molar-refractivity contribution in [1.29, 1.82) is 0 Å². The third kappa shape index (κ3) is 3.22. The highest BCUT2D eigenvalue weighted by Gasteiger charge is 2.25. The van der Waals surface area contributed by atoms with Crippen LogP contribution in [0.3, 0.4) is 0 Å². The minimum Gasteiger partial charge on any atom is -0.376 e. The van der Waals surface area contributed by atoms with Crippen molar-refractivity contribution in [3.8, 4) is 0 Å². The monoisotopic (exact) mass is 289 g/mol. The van der Waals surface area contributed by atoms with Crippen LogP contribution in [0, 0.1) is 11.6 Å². The van der Waals surface area contributed by atoms with Crippen molar-refractivity contribution >= 4 is 17.5 Å². The Bertz CT molecular complexity index is 490. The lowest BCUT2D eigenvalue weighted by molar-refractivity contribution is 0.0712. The number of carbonyl (C=O) groups excluding carboxylic acids is 1. The molecular weight excluding hydrogens is 276 g/mol. The molecule has 1 aromatic carbocycles. The summed E-state index contributed by atoms with van der Waals surface area (Å²) in [6, 6.07) is 1.39. The Morgan fingerprint density at radius 2 is 2.16 bits per heavy atom. The zero-order valence-electron chi connectivity index (χ0n) is 10.4. The van der Waals surface area contributed by atoms with E-state index in [1.807, 2.05) is 6.92 Å². The van der Waals surface area contributed by atoms with Gasteiger partial charge in [-0.2, -0.15) is 0 Å². The van der Waals surface area contributed by atoms with Crippen LogP contribution in [0.15, 0.2) is 12.1 Å². The summed E-state index contributed by atoms with van der Waals surface area (Å²) >= 11 is 5.74. The van der Waals surface area contributed by atoms with E-state index in [0.29, 0.717) is 6.61 Å². The van der Waals surface area contributed by atoms with Crippen molar-refractivity contribution in [3.05, 3.63) is 34.4 Å². The Hall–Kier alpha value is -1.20. The molecule has 1 N–H and O–H groups in total. The van der Waals surface area contributed by atoms with Crippen LogP contribution in [0.2, 0.25) is 5.02 Å². The molecule has 0 saturated carbocycles. The largest absolute Gasteiger partial charge is 0.376 e. The Morgan fingerprint density at radius 1 is 1.47 bits per heavy atom. The second-order valence-electron chi connectivity index (χ2n) is 4.56. The molecule has 3 nitrogen and oxygen atoms in total. The van der Waals surface area contributed by atoms with Gasteiger partial charge < -0.3 is 10.1 Å². The molecule has 0 radical (unpaired) electrons. The molecule has 2 rings (SSSR count). The standard InChI is InChI=1S/C13H14ClF2NO2/c1-7(12-3-2-4-19-12)17-13(18)8-5-10(15)11(16)6-9(8)14/h5-7,12H,2-4H2,1H3,(H,17,18)/t7-,12-/m0/s1. The molecular formula is C13H14ClF2NO2. The van der Waals surface area contributed by atoms with Gasteiger partial charge in [0.25, 0.3) is 5.91 Å². The Kier molecular flexibility index (Phi) is 4.37. The van der Waals surface area contributed by atoms with Gasteiger partial charge in [-0.25, -0.2) is 8.78 Å². The first-order valence-corrected chi connectivity index (χ1v) is 6.44. The minimum atomic E-state index is -1.10.